The molecule has 1 N–H and O–H groups in total. The van der Waals surface area contributed by atoms with Crippen LogP contribution in [0.5, 0.6) is 5.75 Å². The highest BCUT2D eigenvalue weighted by Crippen LogP contribution is 2.36. The van der Waals surface area contributed by atoms with Crippen LogP contribution in [-0.4, -0.2) is 35.4 Å². The summed E-state index contributed by atoms with van der Waals surface area (Å²) in [5.74, 6) is 0.0516. The quantitative estimate of drug-likeness (QED) is 0.521. The summed E-state index contributed by atoms with van der Waals surface area (Å²) in [6.45, 7) is 2.14. The van der Waals surface area contributed by atoms with Crippen LogP contribution < -0.4 is 10.1 Å². The third kappa shape index (κ3) is 4.61. The number of ether oxygens (including phenoxy) is 1. The van der Waals surface area contributed by atoms with Gasteiger partial charge in [-0.3, -0.25) is 19.8 Å². The Balaban J connectivity index is 1.76. The van der Waals surface area contributed by atoms with Gasteiger partial charge in [0.2, 0.25) is 5.91 Å². The Bertz CT molecular complexity index is 886. The van der Waals surface area contributed by atoms with Crippen LogP contribution >= 0.6 is 11.6 Å². The normalized spacial score (nSPS) is 14.6. The van der Waals surface area contributed by atoms with Gasteiger partial charge in [0.15, 0.2) is 0 Å². The standard InChI is InChI=1S/C20H22ClN3O4/c1-13(16-5-3-4-6-17(16)21)23(14-7-8-14)12-20(25)22-18-10-9-15(28-2)11-19(18)24(26)27/h3-6,9-11,13-14H,7-8,12H2,1-2H3,(H,22,25). The van der Waals surface area contributed by atoms with Crippen molar-refractivity contribution in [1.29, 1.82) is 0 Å². The van der Waals surface area contributed by atoms with Crippen LogP contribution in [0.25, 0.3) is 0 Å². The Hall–Kier alpha value is -2.64. The molecule has 0 saturated heterocycles. The predicted octanol–water partition coefficient (Wildman–Crippen LogP) is 4.42. The van der Waals surface area contributed by atoms with E-state index in [-0.39, 0.29) is 29.9 Å². The van der Waals surface area contributed by atoms with Crippen LogP contribution in [-0.2, 0) is 4.79 Å². The highest BCUT2D eigenvalue weighted by atomic mass is 35.5. The fourth-order valence-electron chi connectivity index (χ4n) is 3.23. The third-order valence-corrected chi connectivity index (χ3v) is 5.21. The van der Waals surface area contributed by atoms with Crippen molar-refractivity contribution in [2.75, 3.05) is 19.0 Å². The summed E-state index contributed by atoms with van der Waals surface area (Å²) in [4.78, 5) is 25.5. The minimum atomic E-state index is -0.539. The number of nitro groups is 1. The molecule has 28 heavy (non-hydrogen) atoms. The van der Waals surface area contributed by atoms with E-state index in [2.05, 4.69) is 10.2 Å². The number of amides is 1. The van der Waals surface area contributed by atoms with E-state index in [9.17, 15) is 14.9 Å². The maximum Gasteiger partial charge on any atom is 0.296 e. The van der Waals surface area contributed by atoms with Gasteiger partial charge in [-0.1, -0.05) is 29.8 Å². The second-order valence-electron chi connectivity index (χ2n) is 6.79. The first-order valence-electron chi connectivity index (χ1n) is 9.03. The van der Waals surface area contributed by atoms with Crippen LogP contribution in [0.1, 0.15) is 31.4 Å². The van der Waals surface area contributed by atoms with Gasteiger partial charge in [0, 0.05) is 17.1 Å². The molecule has 1 aliphatic carbocycles. The van der Waals surface area contributed by atoms with E-state index >= 15 is 0 Å². The number of nitro benzene ring substituents is 1. The zero-order chi connectivity index (χ0) is 20.3. The molecule has 0 radical (unpaired) electrons. The number of carbonyl (C=O) groups is 1. The zero-order valence-electron chi connectivity index (χ0n) is 15.7. The molecule has 1 unspecified atom stereocenters. The molecular weight excluding hydrogens is 382 g/mol. The Kier molecular flexibility index (Phi) is 6.16. The second kappa shape index (κ2) is 8.58. The summed E-state index contributed by atoms with van der Waals surface area (Å²) in [6, 6.07) is 12.2. The minimum Gasteiger partial charge on any atom is -0.496 e. The molecule has 3 rings (SSSR count). The van der Waals surface area contributed by atoms with E-state index < -0.39 is 4.92 Å². The van der Waals surface area contributed by atoms with Gasteiger partial charge in [-0.15, -0.1) is 0 Å². The number of benzene rings is 2. The van der Waals surface area contributed by atoms with Gasteiger partial charge < -0.3 is 10.1 Å². The first kappa shape index (κ1) is 20.1. The zero-order valence-corrected chi connectivity index (χ0v) is 16.5. The molecule has 0 aromatic heterocycles. The molecule has 0 aliphatic heterocycles. The Morgan fingerprint density at radius 1 is 1.36 bits per heavy atom. The maximum atomic E-state index is 12.7. The molecule has 7 nitrogen and oxygen atoms in total. The van der Waals surface area contributed by atoms with Crippen LogP contribution in [0.4, 0.5) is 11.4 Å². The van der Waals surface area contributed by atoms with E-state index in [1.807, 2.05) is 31.2 Å². The molecule has 1 fully saturated rings. The van der Waals surface area contributed by atoms with Crippen molar-refractivity contribution in [2.45, 2.75) is 31.8 Å². The number of halogens is 1. The van der Waals surface area contributed by atoms with Crippen molar-refractivity contribution in [3.05, 3.63) is 63.2 Å². The van der Waals surface area contributed by atoms with Crippen LogP contribution in [0.2, 0.25) is 5.02 Å². The SMILES string of the molecule is COc1ccc(NC(=O)CN(C2CC2)C(C)c2ccccc2Cl)c([N+](=O)[O-])c1. The predicted molar refractivity (Wildman–Crippen MR) is 108 cm³/mol. The fourth-order valence-corrected chi connectivity index (χ4v) is 3.53. The van der Waals surface area contributed by atoms with Gasteiger partial charge in [0.05, 0.1) is 24.6 Å². The average Bonchev–Trinajstić information content (AvgIpc) is 3.51. The van der Waals surface area contributed by atoms with E-state index in [0.29, 0.717) is 16.8 Å². The summed E-state index contributed by atoms with van der Waals surface area (Å²) in [6.07, 6.45) is 2.04. The van der Waals surface area contributed by atoms with Gasteiger partial charge in [0.25, 0.3) is 5.69 Å². The number of carbonyl (C=O) groups excluding carboxylic acids is 1. The molecule has 1 aliphatic rings. The molecule has 1 atom stereocenters. The lowest BCUT2D eigenvalue weighted by molar-refractivity contribution is -0.384. The first-order valence-corrected chi connectivity index (χ1v) is 9.41. The molecule has 1 saturated carbocycles. The number of anilines is 1. The number of hydrogen-bond donors (Lipinski definition) is 1. The van der Waals surface area contributed by atoms with Crippen molar-refractivity contribution in [3.8, 4) is 5.75 Å². The molecule has 0 bridgehead atoms. The average molecular weight is 404 g/mol. The topological polar surface area (TPSA) is 84.7 Å². The molecule has 148 valence electrons. The van der Waals surface area contributed by atoms with Crippen LogP contribution in [0, 0.1) is 10.1 Å². The monoisotopic (exact) mass is 403 g/mol. The van der Waals surface area contributed by atoms with Gasteiger partial charge in [-0.25, -0.2) is 0 Å². The van der Waals surface area contributed by atoms with E-state index in [0.717, 1.165) is 18.4 Å². The van der Waals surface area contributed by atoms with Crippen molar-refractivity contribution in [1.82, 2.24) is 4.90 Å². The number of nitrogens with one attached hydrogen (secondary N) is 1. The number of rotatable bonds is 8. The van der Waals surface area contributed by atoms with E-state index in [1.165, 1.54) is 19.2 Å². The van der Waals surface area contributed by atoms with Crippen molar-refractivity contribution >= 4 is 28.9 Å². The second-order valence-corrected chi connectivity index (χ2v) is 7.20. The highest BCUT2D eigenvalue weighted by molar-refractivity contribution is 6.31. The highest BCUT2D eigenvalue weighted by Gasteiger charge is 2.34. The third-order valence-electron chi connectivity index (χ3n) is 4.87. The lowest BCUT2D eigenvalue weighted by Gasteiger charge is -2.29. The van der Waals surface area contributed by atoms with Crippen LogP contribution in [0.15, 0.2) is 42.5 Å². The largest absolute Gasteiger partial charge is 0.496 e. The minimum absolute atomic E-state index is 0.0437. The first-order chi connectivity index (χ1) is 13.4. The maximum absolute atomic E-state index is 12.7. The summed E-state index contributed by atoms with van der Waals surface area (Å²) >= 11 is 6.32. The van der Waals surface area contributed by atoms with E-state index in [1.54, 1.807) is 6.07 Å². The van der Waals surface area contributed by atoms with Gasteiger partial charge >= 0.3 is 0 Å². The summed E-state index contributed by atoms with van der Waals surface area (Å²) in [5.41, 5.74) is 0.904. The van der Waals surface area contributed by atoms with Crippen LogP contribution in [0.3, 0.4) is 0 Å². The summed E-state index contributed by atoms with van der Waals surface area (Å²) < 4.78 is 5.02. The molecule has 2 aromatic rings. The molecule has 0 heterocycles. The van der Waals surface area contributed by atoms with Gasteiger partial charge in [0.1, 0.15) is 11.4 Å². The Labute approximate surface area is 168 Å². The fraction of sp³-hybridized carbons (Fsp3) is 0.350. The lowest BCUT2D eigenvalue weighted by Crippen LogP contribution is -2.37. The van der Waals surface area contributed by atoms with Crippen molar-refractivity contribution in [3.63, 3.8) is 0 Å². The number of methoxy groups -OCH3 is 1. The van der Waals surface area contributed by atoms with Crippen molar-refractivity contribution < 1.29 is 14.5 Å². The van der Waals surface area contributed by atoms with Gasteiger partial charge in [-0.05, 0) is 43.5 Å². The molecule has 8 heteroatoms. The lowest BCUT2D eigenvalue weighted by atomic mass is 10.1. The van der Waals surface area contributed by atoms with E-state index in [4.69, 9.17) is 16.3 Å². The number of nitrogens with zero attached hydrogens (tertiary/aromatic N) is 2. The number of hydrogen-bond acceptors (Lipinski definition) is 5. The van der Waals surface area contributed by atoms with Gasteiger partial charge in [-0.2, -0.15) is 0 Å². The van der Waals surface area contributed by atoms with Crippen molar-refractivity contribution in [2.24, 2.45) is 0 Å². The Morgan fingerprint density at radius 3 is 2.68 bits per heavy atom. The summed E-state index contributed by atoms with van der Waals surface area (Å²) in [5, 5.41) is 14.6. The molecule has 2 aromatic carbocycles. The smallest absolute Gasteiger partial charge is 0.296 e. The Morgan fingerprint density at radius 2 is 2.07 bits per heavy atom. The summed E-state index contributed by atoms with van der Waals surface area (Å²) in [7, 11) is 1.43. The molecular formula is C20H22ClN3O4. The molecule has 1 amide bonds. The molecule has 0 spiro atoms.